The van der Waals surface area contributed by atoms with E-state index in [1.807, 2.05) is 31.2 Å². The number of amides is 3. The number of halogens is 1. The minimum atomic E-state index is -0.734. The number of nitrogens with one attached hydrogen (secondary N) is 2. The van der Waals surface area contributed by atoms with Crippen LogP contribution in [0.1, 0.15) is 21.9 Å². The third kappa shape index (κ3) is 5.25. The van der Waals surface area contributed by atoms with Crippen molar-refractivity contribution in [3.8, 4) is 11.5 Å². The predicted octanol–water partition coefficient (Wildman–Crippen LogP) is 5.33. The largest absolute Gasteiger partial charge is 0.493 e. The van der Waals surface area contributed by atoms with E-state index in [-0.39, 0.29) is 29.2 Å². The number of imide groups is 1. The molecule has 0 saturated carbocycles. The normalized spacial score (nSPS) is 19.3. The van der Waals surface area contributed by atoms with Gasteiger partial charge in [-0.05, 0) is 61.0 Å². The molecule has 2 unspecified atom stereocenters. The Bertz CT molecular complexity index is 1750. The number of rotatable bonds is 7. The van der Waals surface area contributed by atoms with Crippen molar-refractivity contribution in [3.63, 3.8) is 0 Å². The maximum absolute atomic E-state index is 13.9. The molecule has 214 valence electrons. The zero-order valence-electron chi connectivity index (χ0n) is 22.4. The number of H-pyrrole nitrogens is 1. The molecule has 1 aromatic heterocycles. The third-order valence-corrected chi connectivity index (χ3v) is 10.1. The van der Waals surface area contributed by atoms with Gasteiger partial charge in [0.25, 0.3) is 5.91 Å². The number of anilines is 2. The summed E-state index contributed by atoms with van der Waals surface area (Å²) >= 11 is 5.64. The average Bonchev–Trinajstić information content (AvgIpc) is 3.47. The summed E-state index contributed by atoms with van der Waals surface area (Å²) in [4.78, 5) is 56.9. The number of thioether (sulfide) groups is 1. The number of nitrogens with zero attached hydrogens (tertiary/aromatic N) is 1. The number of ether oxygens (including phenoxy) is 2. The number of thiazole rings is 1. The molecule has 0 bridgehead atoms. The number of carbonyl (C=O) groups excluding carboxylic acids is 3. The number of aryl methyl sites for hydroxylation is 1. The van der Waals surface area contributed by atoms with E-state index in [9.17, 15) is 19.2 Å². The quantitative estimate of drug-likeness (QED) is 0.256. The van der Waals surface area contributed by atoms with Crippen molar-refractivity contribution >= 4 is 68.1 Å². The molecule has 42 heavy (non-hydrogen) atoms. The summed E-state index contributed by atoms with van der Waals surface area (Å²) in [5.41, 5.74) is 2.93. The van der Waals surface area contributed by atoms with Crippen LogP contribution in [0, 0.1) is 12.8 Å². The lowest BCUT2D eigenvalue weighted by Gasteiger charge is -2.30. The van der Waals surface area contributed by atoms with Gasteiger partial charge in [-0.1, -0.05) is 62.8 Å². The van der Waals surface area contributed by atoms with Crippen molar-refractivity contribution < 1.29 is 23.9 Å². The van der Waals surface area contributed by atoms with Gasteiger partial charge in [-0.2, -0.15) is 0 Å². The molecule has 4 aromatic rings. The van der Waals surface area contributed by atoms with E-state index >= 15 is 0 Å². The van der Waals surface area contributed by atoms with Gasteiger partial charge in [0.1, 0.15) is 5.25 Å². The SMILES string of the molecule is COc1cc([C@H]2c3sc(=O)[nH]c3SC3C(=O)N(c4ccc(Br)cc4)C(=O)C32)ccc1OCC(=O)Nc1ccc(C)cc1. The molecule has 12 heteroatoms. The van der Waals surface area contributed by atoms with Crippen LogP contribution in [0.15, 0.2) is 81.0 Å². The average molecular weight is 667 g/mol. The minimum Gasteiger partial charge on any atom is -0.493 e. The zero-order chi connectivity index (χ0) is 29.5. The molecule has 6 rings (SSSR count). The summed E-state index contributed by atoms with van der Waals surface area (Å²) < 4.78 is 12.2. The number of fused-ring (bicyclic) bond motifs is 2. The van der Waals surface area contributed by atoms with E-state index < -0.39 is 17.1 Å². The Morgan fingerprint density at radius 1 is 1.00 bits per heavy atom. The molecule has 0 radical (unpaired) electrons. The van der Waals surface area contributed by atoms with Crippen LogP contribution in [0.25, 0.3) is 0 Å². The smallest absolute Gasteiger partial charge is 0.305 e. The highest BCUT2D eigenvalue weighted by Crippen LogP contribution is 2.53. The van der Waals surface area contributed by atoms with Gasteiger partial charge in [-0.3, -0.25) is 19.2 Å². The fourth-order valence-electron chi connectivity index (χ4n) is 5.19. The maximum Gasteiger partial charge on any atom is 0.305 e. The fraction of sp³-hybridized carbons (Fsp3) is 0.200. The molecule has 3 aromatic carbocycles. The van der Waals surface area contributed by atoms with Gasteiger partial charge in [-0.25, -0.2) is 4.90 Å². The van der Waals surface area contributed by atoms with Crippen LogP contribution in [0.4, 0.5) is 11.4 Å². The van der Waals surface area contributed by atoms with Gasteiger partial charge >= 0.3 is 4.87 Å². The van der Waals surface area contributed by atoms with Crippen LogP contribution in [0.2, 0.25) is 0 Å². The summed E-state index contributed by atoms with van der Waals surface area (Å²) in [6.45, 7) is 1.72. The van der Waals surface area contributed by atoms with Gasteiger partial charge < -0.3 is 19.8 Å². The summed E-state index contributed by atoms with van der Waals surface area (Å²) in [6, 6.07) is 19.6. The van der Waals surface area contributed by atoms with Gasteiger partial charge in [-0.15, -0.1) is 0 Å². The van der Waals surface area contributed by atoms with Crippen molar-refractivity contribution in [3.05, 3.63) is 96.9 Å². The molecule has 2 aliphatic rings. The van der Waals surface area contributed by atoms with Crippen LogP contribution in [0.5, 0.6) is 11.5 Å². The predicted molar refractivity (Wildman–Crippen MR) is 165 cm³/mol. The topological polar surface area (TPSA) is 118 Å². The monoisotopic (exact) mass is 665 g/mol. The first-order valence-corrected chi connectivity index (χ1v) is 15.4. The van der Waals surface area contributed by atoms with E-state index in [0.717, 1.165) is 21.4 Å². The molecule has 9 nitrogen and oxygen atoms in total. The fourth-order valence-corrected chi connectivity index (χ4v) is 7.97. The van der Waals surface area contributed by atoms with Gasteiger partial charge in [0, 0.05) is 21.0 Å². The molecule has 1 fully saturated rings. The summed E-state index contributed by atoms with van der Waals surface area (Å²) in [5, 5.41) is 2.67. The molecule has 2 aliphatic heterocycles. The number of methoxy groups -OCH3 is 1. The lowest BCUT2D eigenvalue weighted by Crippen LogP contribution is -2.32. The van der Waals surface area contributed by atoms with Gasteiger partial charge in [0.2, 0.25) is 11.8 Å². The number of hydrogen-bond acceptors (Lipinski definition) is 8. The Morgan fingerprint density at radius 3 is 2.45 bits per heavy atom. The number of benzene rings is 3. The second-order valence-electron chi connectivity index (χ2n) is 9.85. The van der Waals surface area contributed by atoms with Gasteiger partial charge in [0.15, 0.2) is 18.1 Å². The molecule has 2 N–H and O–H groups in total. The van der Waals surface area contributed by atoms with Crippen LogP contribution < -0.4 is 24.6 Å². The highest BCUT2D eigenvalue weighted by atomic mass is 79.9. The van der Waals surface area contributed by atoms with Gasteiger partial charge in [0.05, 0.1) is 23.7 Å². The van der Waals surface area contributed by atoms with Crippen LogP contribution in [0.3, 0.4) is 0 Å². The van der Waals surface area contributed by atoms with Crippen molar-refractivity contribution in [1.29, 1.82) is 0 Å². The Morgan fingerprint density at radius 2 is 1.74 bits per heavy atom. The second-order valence-corrected chi connectivity index (χ2v) is 12.9. The molecular formula is C30H24BrN3O6S2. The first-order chi connectivity index (χ1) is 20.2. The Hall–Kier alpha value is -3.87. The lowest BCUT2D eigenvalue weighted by atomic mass is 9.83. The summed E-state index contributed by atoms with van der Waals surface area (Å²) in [7, 11) is 1.48. The van der Waals surface area contributed by atoms with E-state index in [2.05, 4.69) is 26.2 Å². The van der Waals surface area contributed by atoms with Crippen molar-refractivity contribution in [2.75, 3.05) is 23.9 Å². The summed E-state index contributed by atoms with van der Waals surface area (Å²) in [5.74, 6) is -1.59. The molecule has 3 heterocycles. The van der Waals surface area contributed by atoms with Crippen LogP contribution in [-0.2, 0) is 14.4 Å². The zero-order valence-corrected chi connectivity index (χ0v) is 25.6. The van der Waals surface area contributed by atoms with Crippen molar-refractivity contribution in [2.45, 2.75) is 23.1 Å². The van der Waals surface area contributed by atoms with E-state index in [1.54, 1.807) is 42.5 Å². The minimum absolute atomic E-state index is 0.243. The van der Waals surface area contributed by atoms with Crippen LogP contribution >= 0.6 is 39.0 Å². The number of hydrogen-bond donors (Lipinski definition) is 2. The molecule has 3 atom stereocenters. The molecular weight excluding hydrogens is 642 g/mol. The Labute approximate surface area is 257 Å². The number of aromatic nitrogens is 1. The standard InChI is InChI=1S/C30H24BrN3O6S2/c1-15-3-8-18(9-4-15)32-22(35)14-40-20-12-5-16(13-21(20)39-2)23-24-26(41-27-25(23)42-30(38)33-27)29(37)34(28(24)36)19-10-6-17(31)7-11-19/h3-13,23-24,26H,14H2,1-2H3,(H,32,35)(H,33,38)/t23-,24?,26?/m1/s1. The Balaban J connectivity index is 1.29. The number of carbonyl (C=O) groups is 3. The van der Waals surface area contributed by atoms with Crippen molar-refractivity contribution in [1.82, 2.24) is 4.98 Å². The highest BCUT2D eigenvalue weighted by Gasteiger charge is 2.56. The van der Waals surface area contributed by atoms with Crippen molar-refractivity contribution in [2.24, 2.45) is 5.92 Å². The van der Waals surface area contributed by atoms with E-state index in [0.29, 0.717) is 38.3 Å². The first-order valence-electron chi connectivity index (χ1n) is 12.9. The van der Waals surface area contributed by atoms with E-state index in [1.165, 1.54) is 23.8 Å². The van der Waals surface area contributed by atoms with E-state index in [4.69, 9.17) is 9.47 Å². The Kier molecular flexibility index (Phi) is 7.69. The second kappa shape index (κ2) is 11.4. The summed E-state index contributed by atoms with van der Waals surface area (Å²) in [6.07, 6.45) is 0. The first kappa shape index (κ1) is 28.3. The molecule has 0 spiro atoms. The molecule has 0 aliphatic carbocycles. The molecule has 3 amide bonds. The number of aromatic amines is 1. The molecule has 1 saturated heterocycles. The highest BCUT2D eigenvalue weighted by molar-refractivity contribution is 9.10. The third-order valence-electron chi connectivity index (χ3n) is 7.15. The maximum atomic E-state index is 13.9. The van der Waals surface area contributed by atoms with Crippen LogP contribution in [-0.4, -0.2) is 41.7 Å². The lowest BCUT2D eigenvalue weighted by molar-refractivity contribution is -0.122.